The van der Waals surface area contributed by atoms with Crippen LogP contribution >= 0.6 is 0 Å². The molecule has 2 saturated carbocycles. The molecule has 0 heterocycles. The average Bonchev–Trinajstić information content (AvgIpc) is 2.66. The lowest BCUT2D eigenvalue weighted by Gasteiger charge is -2.30. The van der Waals surface area contributed by atoms with Crippen molar-refractivity contribution in [1.82, 2.24) is 5.32 Å². The van der Waals surface area contributed by atoms with Crippen LogP contribution in [0.3, 0.4) is 0 Å². The molecule has 0 aromatic heterocycles. The third-order valence-corrected chi connectivity index (χ3v) is 5.88. The van der Waals surface area contributed by atoms with Gasteiger partial charge in [-0.1, -0.05) is 6.92 Å². The maximum atomic E-state index is 12.1. The van der Waals surface area contributed by atoms with E-state index in [-0.39, 0.29) is 17.9 Å². The Morgan fingerprint density at radius 2 is 1.59 bits per heavy atom. The fourth-order valence-corrected chi connectivity index (χ4v) is 4.35. The van der Waals surface area contributed by atoms with Crippen molar-refractivity contribution in [2.24, 2.45) is 5.92 Å². The minimum atomic E-state index is 0.123. The zero-order chi connectivity index (χ0) is 19.6. The standard InChI is InChI=1S/C22H39NO4/c1-4-21(24)17-7-9-18(10-8-17)23-22(25)6-5-15-26-19-11-13-20(14-12-19)27-16(2)3/h16-20H,4-15H2,1-3H3,(H,23,25). The Labute approximate surface area is 164 Å². The second-order valence-corrected chi connectivity index (χ2v) is 8.49. The van der Waals surface area contributed by atoms with Gasteiger partial charge in [-0.15, -0.1) is 0 Å². The van der Waals surface area contributed by atoms with Crippen molar-refractivity contribution in [2.75, 3.05) is 6.61 Å². The Balaban J connectivity index is 1.50. The highest BCUT2D eigenvalue weighted by molar-refractivity contribution is 5.80. The zero-order valence-electron chi connectivity index (χ0n) is 17.5. The lowest BCUT2D eigenvalue weighted by atomic mass is 9.83. The lowest BCUT2D eigenvalue weighted by molar-refractivity contribution is -0.124. The van der Waals surface area contributed by atoms with E-state index in [1.54, 1.807) is 0 Å². The zero-order valence-corrected chi connectivity index (χ0v) is 17.5. The molecule has 2 aliphatic rings. The van der Waals surface area contributed by atoms with E-state index in [9.17, 15) is 9.59 Å². The number of Topliss-reactive ketones (excluding diaryl/α,β-unsaturated/α-hetero) is 1. The van der Waals surface area contributed by atoms with Crippen LogP contribution in [0.5, 0.6) is 0 Å². The van der Waals surface area contributed by atoms with Crippen molar-refractivity contribution >= 4 is 11.7 Å². The molecule has 2 aliphatic carbocycles. The van der Waals surface area contributed by atoms with Crippen LogP contribution in [0.4, 0.5) is 0 Å². The summed E-state index contributed by atoms with van der Waals surface area (Å²) in [6.45, 7) is 6.77. The van der Waals surface area contributed by atoms with Crippen molar-refractivity contribution in [1.29, 1.82) is 0 Å². The Kier molecular flexibility index (Phi) is 9.77. The number of amides is 1. The second-order valence-electron chi connectivity index (χ2n) is 8.49. The van der Waals surface area contributed by atoms with Crippen LogP contribution in [0, 0.1) is 5.92 Å². The monoisotopic (exact) mass is 381 g/mol. The maximum Gasteiger partial charge on any atom is 0.220 e. The number of carbonyl (C=O) groups is 2. The highest BCUT2D eigenvalue weighted by atomic mass is 16.5. The number of ether oxygens (including phenoxy) is 2. The van der Waals surface area contributed by atoms with Crippen molar-refractivity contribution < 1.29 is 19.1 Å². The summed E-state index contributed by atoms with van der Waals surface area (Å²) in [6.07, 6.45) is 10.9. The molecule has 156 valence electrons. The molecule has 0 atom stereocenters. The molecule has 27 heavy (non-hydrogen) atoms. The Bertz CT molecular complexity index is 449. The predicted molar refractivity (Wildman–Crippen MR) is 107 cm³/mol. The van der Waals surface area contributed by atoms with E-state index in [4.69, 9.17) is 9.47 Å². The molecule has 0 aromatic carbocycles. The second kappa shape index (κ2) is 11.8. The van der Waals surface area contributed by atoms with Gasteiger partial charge in [-0.2, -0.15) is 0 Å². The normalized spacial score (nSPS) is 28.9. The summed E-state index contributed by atoms with van der Waals surface area (Å²) in [6, 6.07) is 0.246. The van der Waals surface area contributed by atoms with Gasteiger partial charge in [0, 0.05) is 31.4 Å². The molecule has 2 fully saturated rings. The fraction of sp³-hybridized carbons (Fsp3) is 0.909. The number of nitrogens with one attached hydrogen (secondary N) is 1. The number of rotatable bonds is 10. The molecule has 5 nitrogen and oxygen atoms in total. The molecule has 1 N–H and O–H groups in total. The van der Waals surface area contributed by atoms with Gasteiger partial charge in [0.25, 0.3) is 0 Å². The van der Waals surface area contributed by atoms with Gasteiger partial charge in [-0.05, 0) is 71.6 Å². The topological polar surface area (TPSA) is 64.6 Å². The van der Waals surface area contributed by atoms with Gasteiger partial charge in [0.1, 0.15) is 5.78 Å². The van der Waals surface area contributed by atoms with Crippen molar-refractivity contribution in [2.45, 2.75) is 116 Å². The van der Waals surface area contributed by atoms with E-state index in [2.05, 4.69) is 19.2 Å². The summed E-state index contributed by atoms with van der Waals surface area (Å²) >= 11 is 0. The minimum Gasteiger partial charge on any atom is -0.378 e. The first-order chi connectivity index (χ1) is 13.0. The first kappa shape index (κ1) is 22.4. The van der Waals surface area contributed by atoms with Crippen LogP contribution in [0.25, 0.3) is 0 Å². The number of carbonyl (C=O) groups excluding carboxylic acids is 2. The largest absolute Gasteiger partial charge is 0.378 e. The summed E-state index contributed by atoms with van der Waals surface area (Å²) in [7, 11) is 0. The molecule has 0 spiro atoms. The summed E-state index contributed by atoms with van der Waals surface area (Å²) in [5.74, 6) is 0.720. The van der Waals surface area contributed by atoms with Gasteiger partial charge in [0.2, 0.25) is 5.91 Å². The molecule has 5 heteroatoms. The molecule has 0 aromatic rings. The van der Waals surface area contributed by atoms with Gasteiger partial charge in [-0.3, -0.25) is 9.59 Å². The van der Waals surface area contributed by atoms with Gasteiger partial charge in [-0.25, -0.2) is 0 Å². The van der Waals surface area contributed by atoms with Gasteiger partial charge < -0.3 is 14.8 Å². The van der Waals surface area contributed by atoms with Crippen LogP contribution in [-0.2, 0) is 19.1 Å². The maximum absolute atomic E-state index is 12.1. The Morgan fingerprint density at radius 3 is 2.19 bits per heavy atom. The van der Waals surface area contributed by atoms with Crippen LogP contribution in [0.15, 0.2) is 0 Å². The minimum absolute atomic E-state index is 0.123. The average molecular weight is 382 g/mol. The molecular weight excluding hydrogens is 342 g/mol. The van der Waals surface area contributed by atoms with E-state index in [1.165, 1.54) is 0 Å². The summed E-state index contributed by atoms with van der Waals surface area (Å²) < 4.78 is 11.8. The first-order valence-corrected chi connectivity index (χ1v) is 11.1. The van der Waals surface area contributed by atoms with Gasteiger partial charge in [0.15, 0.2) is 0 Å². The quantitative estimate of drug-likeness (QED) is 0.577. The lowest BCUT2D eigenvalue weighted by Crippen LogP contribution is -2.38. The third-order valence-electron chi connectivity index (χ3n) is 5.88. The third kappa shape index (κ3) is 8.30. The highest BCUT2D eigenvalue weighted by Gasteiger charge is 2.26. The number of hydrogen-bond acceptors (Lipinski definition) is 4. The van der Waals surface area contributed by atoms with Crippen LogP contribution in [-0.4, -0.2) is 42.7 Å². The first-order valence-electron chi connectivity index (χ1n) is 11.1. The fourth-order valence-electron chi connectivity index (χ4n) is 4.35. The molecule has 2 rings (SSSR count). The van der Waals surface area contributed by atoms with Crippen LogP contribution < -0.4 is 5.32 Å². The predicted octanol–water partition coefficient (Wildman–Crippen LogP) is 4.17. The summed E-state index contributed by atoms with van der Waals surface area (Å²) in [5.41, 5.74) is 0. The van der Waals surface area contributed by atoms with Crippen molar-refractivity contribution in [3.8, 4) is 0 Å². The highest BCUT2D eigenvalue weighted by Crippen LogP contribution is 2.26. The molecule has 0 aliphatic heterocycles. The Hall–Kier alpha value is -0.940. The SMILES string of the molecule is CCC(=O)C1CCC(NC(=O)CCCOC2CCC(OC(C)C)CC2)CC1. The molecular formula is C22H39NO4. The van der Waals surface area contributed by atoms with E-state index in [0.717, 1.165) is 57.8 Å². The van der Waals surface area contributed by atoms with Crippen molar-refractivity contribution in [3.63, 3.8) is 0 Å². The number of ketones is 1. The van der Waals surface area contributed by atoms with E-state index < -0.39 is 0 Å². The molecule has 1 amide bonds. The van der Waals surface area contributed by atoms with E-state index in [1.807, 2.05) is 6.92 Å². The molecule has 0 unspecified atom stereocenters. The summed E-state index contributed by atoms with van der Waals surface area (Å²) in [5, 5.41) is 3.14. The number of hydrogen-bond donors (Lipinski definition) is 1. The van der Waals surface area contributed by atoms with Crippen LogP contribution in [0.1, 0.15) is 91.4 Å². The molecule has 0 bridgehead atoms. The van der Waals surface area contributed by atoms with E-state index >= 15 is 0 Å². The molecule has 0 saturated heterocycles. The molecule has 0 radical (unpaired) electrons. The smallest absolute Gasteiger partial charge is 0.220 e. The van der Waals surface area contributed by atoms with Gasteiger partial charge in [0.05, 0.1) is 18.3 Å². The summed E-state index contributed by atoms with van der Waals surface area (Å²) in [4.78, 5) is 23.9. The van der Waals surface area contributed by atoms with Crippen LogP contribution in [0.2, 0.25) is 0 Å². The van der Waals surface area contributed by atoms with E-state index in [0.29, 0.717) is 43.5 Å². The van der Waals surface area contributed by atoms with Gasteiger partial charge >= 0.3 is 0 Å². The van der Waals surface area contributed by atoms with Crippen molar-refractivity contribution in [3.05, 3.63) is 0 Å². The Morgan fingerprint density at radius 1 is 0.963 bits per heavy atom.